The minimum Gasteiger partial charge on any atom is -0.476 e. The van der Waals surface area contributed by atoms with Crippen LogP contribution in [0.1, 0.15) is 6.92 Å². The molecule has 4 nitrogen and oxygen atoms in total. The normalized spacial score (nSPS) is 11.8. The number of halogens is 2. The minimum absolute atomic E-state index is 0.0943. The first-order valence-electron chi connectivity index (χ1n) is 5.81. The summed E-state index contributed by atoms with van der Waals surface area (Å²) in [5.41, 5.74) is 0. The first kappa shape index (κ1) is 14.6. The third-order valence-electron chi connectivity index (χ3n) is 2.38. The summed E-state index contributed by atoms with van der Waals surface area (Å²) < 4.78 is 10.6. The number of esters is 1. The Morgan fingerprint density at radius 2 is 1.85 bits per heavy atom. The van der Waals surface area contributed by atoms with Crippen molar-refractivity contribution in [2.75, 3.05) is 0 Å². The van der Waals surface area contributed by atoms with E-state index in [1.54, 1.807) is 37.3 Å². The molecule has 6 heteroatoms. The van der Waals surface area contributed by atoms with Crippen LogP contribution < -0.4 is 9.47 Å². The molecule has 1 aromatic heterocycles. The van der Waals surface area contributed by atoms with Crippen LogP contribution in [0, 0.1) is 0 Å². The zero-order chi connectivity index (χ0) is 14.5. The van der Waals surface area contributed by atoms with Crippen LogP contribution in [0.15, 0.2) is 42.5 Å². The Bertz CT molecular complexity index is 605. The number of nitrogens with zero attached hydrogens (tertiary/aromatic N) is 1. The van der Waals surface area contributed by atoms with Crippen molar-refractivity contribution in [1.82, 2.24) is 4.98 Å². The van der Waals surface area contributed by atoms with Crippen LogP contribution in [-0.4, -0.2) is 17.1 Å². The van der Waals surface area contributed by atoms with E-state index in [1.165, 1.54) is 6.07 Å². The van der Waals surface area contributed by atoms with E-state index < -0.39 is 12.1 Å². The van der Waals surface area contributed by atoms with Crippen LogP contribution in [0.4, 0.5) is 0 Å². The van der Waals surface area contributed by atoms with Crippen LogP contribution >= 0.6 is 23.2 Å². The first-order valence-corrected chi connectivity index (χ1v) is 6.57. The van der Waals surface area contributed by atoms with Crippen molar-refractivity contribution >= 4 is 29.2 Å². The Morgan fingerprint density at radius 1 is 1.15 bits per heavy atom. The lowest BCUT2D eigenvalue weighted by Crippen LogP contribution is -2.28. The summed E-state index contributed by atoms with van der Waals surface area (Å²) in [5, 5.41) is 0.346. The summed E-state index contributed by atoms with van der Waals surface area (Å²) in [6, 6.07) is 11.8. The van der Waals surface area contributed by atoms with Gasteiger partial charge < -0.3 is 9.47 Å². The van der Waals surface area contributed by atoms with Crippen LogP contribution in [0.5, 0.6) is 11.5 Å². The number of ether oxygens (including phenoxy) is 2. The van der Waals surface area contributed by atoms with Crippen molar-refractivity contribution in [2.45, 2.75) is 13.0 Å². The number of carbonyl (C=O) groups is 1. The smallest absolute Gasteiger partial charge is 0.352 e. The Balaban J connectivity index is 2.00. The molecule has 0 aliphatic heterocycles. The summed E-state index contributed by atoms with van der Waals surface area (Å²) >= 11 is 11.5. The molecule has 20 heavy (non-hydrogen) atoms. The van der Waals surface area contributed by atoms with Gasteiger partial charge in [0.2, 0.25) is 0 Å². The molecular formula is C14H11Cl2NO3. The fourth-order valence-electron chi connectivity index (χ4n) is 1.41. The molecule has 0 amide bonds. The van der Waals surface area contributed by atoms with E-state index in [-0.39, 0.29) is 16.1 Å². The predicted molar refractivity (Wildman–Crippen MR) is 76.4 cm³/mol. The van der Waals surface area contributed by atoms with Gasteiger partial charge in [-0.2, -0.15) is 0 Å². The number of rotatable bonds is 4. The maximum Gasteiger partial charge on any atom is 0.352 e. The largest absolute Gasteiger partial charge is 0.476 e. The number of para-hydroxylation sites is 1. The number of hydrogen-bond donors (Lipinski definition) is 0. The molecule has 1 atom stereocenters. The van der Waals surface area contributed by atoms with Gasteiger partial charge in [0.05, 0.1) is 0 Å². The molecule has 1 unspecified atom stereocenters. The molecule has 0 saturated carbocycles. The molecule has 0 aliphatic carbocycles. The van der Waals surface area contributed by atoms with Crippen LogP contribution in [-0.2, 0) is 4.79 Å². The molecule has 2 aromatic rings. The Morgan fingerprint density at radius 3 is 2.50 bits per heavy atom. The second-order valence-electron chi connectivity index (χ2n) is 3.92. The molecule has 0 fully saturated rings. The maximum atomic E-state index is 11.9. The van der Waals surface area contributed by atoms with Crippen molar-refractivity contribution in [2.24, 2.45) is 0 Å². The molecule has 0 saturated heterocycles. The maximum absolute atomic E-state index is 11.9. The van der Waals surface area contributed by atoms with Crippen molar-refractivity contribution in [3.63, 3.8) is 0 Å². The zero-order valence-corrected chi connectivity index (χ0v) is 12.1. The Kier molecular flexibility index (Phi) is 4.82. The van der Waals surface area contributed by atoms with Crippen molar-refractivity contribution in [3.8, 4) is 11.5 Å². The van der Waals surface area contributed by atoms with Crippen LogP contribution in [0.2, 0.25) is 10.3 Å². The molecule has 0 N–H and O–H groups in total. The lowest BCUT2D eigenvalue weighted by Gasteiger charge is -2.14. The highest BCUT2D eigenvalue weighted by atomic mass is 35.5. The Hall–Kier alpha value is -1.78. The molecule has 1 heterocycles. The lowest BCUT2D eigenvalue weighted by molar-refractivity contribution is -0.141. The van der Waals surface area contributed by atoms with Crippen LogP contribution in [0.25, 0.3) is 0 Å². The van der Waals surface area contributed by atoms with Gasteiger partial charge in [0.15, 0.2) is 17.0 Å². The summed E-state index contributed by atoms with van der Waals surface area (Å²) in [6.07, 6.45) is -0.823. The van der Waals surface area contributed by atoms with Gasteiger partial charge in [-0.3, -0.25) is 0 Å². The summed E-state index contributed by atoms with van der Waals surface area (Å²) in [7, 11) is 0. The number of benzene rings is 1. The third-order valence-corrected chi connectivity index (χ3v) is 2.86. The van der Waals surface area contributed by atoms with E-state index in [0.717, 1.165) is 0 Å². The predicted octanol–water partition coefficient (Wildman–Crippen LogP) is 3.76. The van der Waals surface area contributed by atoms with Gasteiger partial charge in [-0.25, -0.2) is 9.78 Å². The molecule has 0 spiro atoms. The first-order chi connectivity index (χ1) is 9.56. The average Bonchev–Trinajstić information content (AvgIpc) is 2.43. The number of aromatic nitrogens is 1. The fourth-order valence-corrected chi connectivity index (χ4v) is 1.80. The minimum atomic E-state index is -0.823. The SMILES string of the molecule is CC(Oc1ccc(Cl)nc1Cl)C(=O)Oc1ccccc1. The number of carbonyl (C=O) groups excluding carboxylic acids is 1. The number of hydrogen-bond acceptors (Lipinski definition) is 4. The monoisotopic (exact) mass is 311 g/mol. The van der Waals surface area contributed by atoms with Gasteiger partial charge in [-0.05, 0) is 31.2 Å². The van der Waals surface area contributed by atoms with E-state index in [2.05, 4.69) is 4.98 Å². The highest BCUT2D eigenvalue weighted by molar-refractivity contribution is 6.33. The Labute approximate surface area is 126 Å². The second kappa shape index (κ2) is 6.59. The molecule has 0 radical (unpaired) electrons. The van der Waals surface area contributed by atoms with Gasteiger partial charge in [-0.1, -0.05) is 41.4 Å². The topological polar surface area (TPSA) is 48.4 Å². The van der Waals surface area contributed by atoms with Gasteiger partial charge >= 0.3 is 5.97 Å². The zero-order valence-electron chi connectivity index (χ0n) is 10.5. The summed E-state index contributed by atoms with van der Waals surface area (Å²) in [5.74, 6) is 0.198. The van der Waals surface area contributed by atoms with E-state index in [9.17, 15) is 4.79 Å². The molecular weight excluding hydrogens is 301 g/mol. The second-order valence-corrected chi connectivity index (χ2v) is 4.66. The molecule has 2 rings (SSSR count). The molecule has 0 bridgehead atoms. The van der Waals surface area contributed by atoms with Crippen molar-refractivity contribution in [3.05, 3.63) is 52.8 Å². The van der Waals surface area contributed by atoms with E-state index in [4.69, 9.17) is 32.7 Å². The molecule has 104 valence electrons. The standard InChI is InChI=1S/C14H11Cl2NO3/c1-9(14(18)20-10-5-3-2-4-6-10)19-11-7-8-12(15)17-13(11)16/h2-9H,1H3. The van der Waals surface area contributed by atoms with Crippen LogP contribution in [0.3, 0.4) is 0 Å². The lowest BCUT2D eigenvalue weighted by atomic mass is 10.3. The molecule has 1 aromatic carbocycles. The van der Waals surface area contributed by atoms with Gasteiger partial charge in [-0.15, -0.1) is 0 Å². The van der Waals surface area contributed by atoms with Crippen molar-refractivity contribution in [1.29, 1.82) is 0 Å². The summed E-state index contributed by atoms with van der Waals surface area (Å²) in [6.45, 7) is 1.57. The van der Waals surface area contributed by atoms with E-state index in [0.29, 0.717) is 5.75 Å². The molecule has 0 aliphatic rings. The van der Waals surface area contributed by atoms with Gasteiger partial charge in [0, 0.05) is 0 Å². The summed E-state index contributed by atoms with van der Waals surface area (Å²) in [4.78, 5) is 15.7. The third kappa shape index (κ3) is 3.85. The van der Waals surface area contributed by atoms with E-state index in [1.807, 2.05) is 6.07 Å². The highest BCUT2D eigenvalue weighted by Crippen LogP contribution is 2.25. The quantitative estimate of drug-likeness (QED) is 0.490. The average molecular weight is 312 g/mol. The van der Waals surface area contributed by atoms with E-state index >= 15 is 0 Å². The highest BCUT2D eigenvalue weighted by Gasteiger charge is 2.19. The number of pyridine rings is 1. The van der Waals surface area contributed by atoms with Gasteiger partial charge in [0.1, 0.15) is 10.9 Å². The van der Waals surface area contributed by atoms with Crippen molar-refractivity contribution < 1.29 is 14.3 Å². The fraction of sp³-hybridized carbons (Fsp3) is 0.143. The van der Waals surface area contributed by atoms with Gasteiger partial charge in [0.25, 0.3) is 0 Å².